The van der Waals surface area contributed by atoms with Crippen molar-refractivity contribution in [2.75, 3.05) is 33.4 Å². The first-order chi connectivity index (χ1) is 15.2. The van der Waals surface area contributed by atoms with Gasteiger partial charge in [-0.05, 0) is 74.2 Å². The molecule has 0 bridgehead atoms. The van der Waals surface area contributed by atoms with Gasteiger partial charge in [0.1, 0.15) is 18.1 Å². The maximum Gasteiger partial charge on any atom is 0.243 e. The number of benzene rings is 2. The van der Waals surface area contributed by atoms with E-state index < -0.39 is 20.0 Å². The van der Waals surface area contributed by atoms with E-state index in [2.05, 4.69) is 4.72 Å². The van der Waals surface area contributed by atoms with Crippen LogP contribution < -0.4 is 14.2 Å². The van der Waals surface area contributed by atoms with Gasteiger partial charge >= 0.3 is 0 Å². The number of piperidine rings is 1. The van der Waals surface area contributed by atoms with Gasteiger partial charge in [-0.15, -0.1) is 0 Å². The van der Waals surface area contributed by atoms with E-state index in [1.807, 2.05) is 6.92 Å². The second-order valence-corrected chi connectivity index (χ2v) is 11.4. The summed E-state index contributed by atoms with van der Waals surface area (Å²) in [5.41, 5.74) is 1.40. The number of hydrogen-bond acceptors (Lipinski definition) is 6. The van der Waals surface area contributed by atoms with Crippen LogP contribution in [0.5, 0.6) is 11.5 Å². The fraction of sp³-hybridized carbons (Fsp3) is 0.455. The first kappa shape index (κ1) is 24.5. The topological polar surface area (TPSA) is 102 Å². The molecule has 0 aliphatic carbocycles. The van der Waals surface area contributed by atoms with Gasteiger partial charge in [0.25, 0.3) is 0 Å². The second-order valence-electron chi connectivity index (χ2n) is 7.70. The Bertz CT molecular complexity index is 1140. The molecule has 1 heterocycles. The molecule has 8 nitrogen and oxygen atoms in total. The number of methoxy groups -OCH3 is 1. The van der Waals surface area contributed by atoms with Gasteiger partial charge in [-0.25, -0.2) is 21.6 Å². The van der Waals surface area contributed by atoms with Crippen molar-refractivity contribution >= 4 is 20.0 Å². The van der Waals surface area contributed by atoms with E-state index in [0.29, 0.717) is 30.2 Å². The molecule has 1 N–H and O–H groups in total. The Morgan fingerprint density at radius 1 is 0.906 bits per heavy atom. The summed E-state index contributed by atoms with van der Waals surface area (Å²) in [4.78, 5) is 0.431. The molecule has 2 aromatic rings. The van der Waals surface area contributed by atoms with Crippen LogP contribution in [0.1, 0.15) is 30.4 Å². The second kappa shape index (κ2) is 10.2. The van der Waals surface area contributed by atoms with Gasteiger partial charge in [0.05, 0.1) is 16.9 Å². The molecule has 0 aromatic heterocycles. The molecule has 1 aliphatic heterocycles. The third-order valence-corrected chi connectivity index (χ3v) is 9.15. The highest BCUT2D eigenvalue weighted by atomic mass is 32.2. The number of rotatable bonds is 9. The fourth-order valence-corrected chi connectivity index (χ4v) is 6.50. The third kappa shape index (κ3) is 5.43. The van der Waals surface area contributed by atoms with Crippen LogP contribution in [0, 0.1) is 13.8 Å². The molecule has 0 radical (unpaired) electrons. The molecule has 0 saturated carbocycles. The zero-order chi connectivity index (χ0) is 23.4. The molecule has 1 saturated heterocycles. The van der Waals surface area contributed by atoms with Crippen molar-refractivity contribution in [2.24, 2.45) is 0 Å². The molecule has 3 rings (SSSR count). The standard InChI is InChI=1S/C22H30N2O6S2/c1-17-18(2)22(12-11-21(17)29-3)31(25,26)23-13-16-30-19-7-9-20(10-8-19)32(27,28)24-14-5-4-6-15-24/h7-12,23H,4-6,13-16H2,1-3H3. The number of sulfonamides is 2. The van der Waals surface area contributed by atoms with Crippen molar-refractivity contribution in [3.05, 3.63) is 47.5 Å². The highest BCUT2D eigenvalue weighted by molar-refractivity contribution is 7.89. The van der Waals surface area contributed by atoms with E-state index in [9.17, 15) is 16.8 Å². The molecule has 0 unspecified atom stereocenters. The van der Waals surface area contributed by atoms with Gasteiger partial charge in [-0.2, -0.15) is 4.31 Å². The zero-order valence-electron chi connectivity index (χ0n) is 18.6. The quantitative estimate of drug-likeness (QED) is 0.552. The van der Waals surface area contributed by atoms with Crippen LogP contribution in [0.25, 0.3) is 0 Å². The van der Waals surface area contributed by atoms with Crippen molar-refractivity contribution in [3.8, 4) is 11.5 Å². The smallest absolute Gasteiger partial charge is 0.243 e. The molecule has 32 heavy (non-hydrogen) atoms. The Hall–Kier alpha value is -2.14. The molecule has 176 valence electrons. The van der Waals surface area contributed by atoms with Crippen molar-refractivity contribution < 1.29 is 26.3 Å². The molecular formula is C22H30N2O6S2. The number of nitrogens with zero attached hydrogens (tertiary/aromatic N) is 1. The monoisotopic (exact) mass is 482 g/mol. The lowest BCUT2D eigenvalue weighted by atomic mass is 10.1. The van der Waals surface area contributed by atoms with Gasteiger partial charge in [0.15, 0.2) is 0 Å². The Labute approximate surface area is 190 Å². The zero-order valence-corrected chi connectivity index (χ0v) is 20.3. The Kier molecular flexibility index (Phi) is 7.81. The fourth-order valence-electron chi connectivity index (χ4n) is 3.67. The Morgan fingerprint density at radius 3 is 2.19 bits per heavy atom. The van der Waals surface area contributed by atoms with Crippen molar-refractivity contribution in [2.45, 2.75) is 42.9 Å². The third-order valence-electron chi connectivity index (χ3n) is 5.64. The minimum absolute atomic E-state index is 0.0701. The Morgan fingerprint density at radius 2 is 1.56 bits per heavy atom. The molecule has 0 spiro atoms. The lowest BCUT2D eigenvalue weighted by Gasteiger charge is -2.25. The highest BCUT2D eigenvalue weighted by Crippen LogP contribution is 2.27. The van der Waals surface area contributed by atoms with E-state index in [4.69, 9.17) is 9.47 Å². The van der Waals surface area contributed by atoms with Crippen LogP contribution in [-0.2, 0) is 20.0 Å². The SMILES string of the molecule is COc1ccc(S(=O)(=O)NCCOc2ccc(S(=O)(=O)N3CCCCC3)cc2)c(C)c1C. The average Bonchev–Trinajstić information content (AvgIpc) is 2.79. The highest BCUT2D eigenvalue weighted by Gasteiger charge is 2.25. The van der Waals surface area contributed by atoms with Crippen molar-refractivity contribution in [3.63, 3.8) is 0 Å². The van der Waals surface area contributed by atoms with E-state index in [-0.39, 0.29) is 22.9 Å². The summed E-state index contributed by atoms with van der Waals surface area (Å²) >= 11 is 0. The lowest BCUT2D eigenvalue weighted by molar-refractivity contribution is 0.322. The minimum Gasteiger partial charge on any atom is -0.496 e. The van der Waals surface area contributed by atoms with Gasteiger partial charge in [0, 0.05) is 19.6 Å². The first-order valence-electron chi connectivity index (χ1n) is 10.5. The maximum atomic E-state index is 12.7. The summed E-state index contributed by atoms with van der Waals surface area (Å²) in [6.07, 6.45) is 2.82. The van der Waals surface area contributed by atoms with Crippen LogP contribution in [0.3, 0.4) is 0 Å². The van der Waals surface area contributed by atoms with Crippen molar-refractivity contribution in [1.29, 1.82) is 0 Å². The van der Waals surface area contributed by atoms with Crippen LogP contribution in [0.2, 0.25) is 0 Å². The summed E-state index contributed by atoms with van der Waals surface area (Å²) in [6.45, 7) is 4.82. The van der Waals surface area contributed by atoms with Crippen LogP contribution in [-0.4, -0.2) is 54.5 Å². The first-order valence-corrected chi connectivity index (χ1v) is 13.5. The summed E-state index contributed by atoms with van der Waals surface area (Å²) in [7, 11) is -5.65. The van der Waals surface area contributed by atoms with E-state index >= 15 is 0 Å². The van der Waals surface area contributed by atoms with Crippen LogP contribution in [0.15, 0.2) is 46.2 Å². The summed E-state index contributed by atoms with van der Waals surface area (Å²) in [5.74, 6) is 1.11. The van der Waals surface area contributed by atoms with Crippen molar-refractivity contribution in [1.82, 2.24) is 9.03 Å². The molecule has 1 aliphatic rings. The molecule has 1 fully saturated rings. The number of hydrogen-bond donors (Lipinski definition) is 1. The molecule has 2 aromatic carbocycles. The van der Waals surface area contributed by atoms with Gasteiger partial charge in [0.2, 0.25) is 20.0 Å². The summed E-state index contributed by atoms with van der Waals surface area (Å²) < 4.78 is 65.5. The summed E-state index contributed by atoms with van der Waals surface area (Å²) in [6, 6.07) is 9.36. The van der Waals surface area contributed by atoms with Crippen LogP contribution in [0.4, 0.5) is 0 Å². The van der Waals surface area contributed by atoms with Gasteiger partial charge in [-0.3, -0.25) is 0 Å². The lowest BCUT2D eigenvalue weighted by Crippen LogP contribution is -2.35. The normalized spacial score (nSPS) is 15.5. The average molecular weight is 483 g/mol. The maximum absolute atomic E-state index is 12.7. The largest absolute Gasteiger partial charge is 0.496 e. The summed E-state index contributed by atoms with van der Waals surface area (Å²) in [5, 5.41) is 0. The predicted octanol–water partition coefficient (Wildman–Crippen LogP) is 2.84. The predicted molar refractivity (Wildman–Crippen MR) is 122 cm³/mol. The van der Waals surface area contributed by atoms with E-state index in [1.54, 1.807) is 32.2 Å². The molecule has 0 atom stereocenters. The molecular weight excluding hydrogens is 452 g/mol. The van der Waals surface area contributed by atoms with Gasteiger partial charge < -0.3 is 9.47 Å². The van der Waals surface area contributed by atoms with E-state index in [1.165, 1.54) is 22.5 Å². The number of nitrogens with one attached hydrogen (secondary N) is 1. The van der Waals surface area contributed by atoms with E-state index in [0.717, 1.165) is 24.8 Å². The van der Waals surface area contributed by atoms with Gasteiger partial charge in [-0.1, -0.05) is 6.42 Å². The number of ether oxygens (including phenoxy) is 2. The minimum atomic E-state index is -3.70. The molecule has 10 heteroatoms. The molecule has 0 amide bonds. The van der Waals surface area contributed by atoms with Crippen LogP contribution >= 0.6 is 0 Å². The Balaban J connectivity index is 1.56.